The molecule has 0 heterocycles. The molecule has 0 spiro atoms. The van der Waals surface area contributed by atoms with Crippen molar-refractivity contribution in [1.29, 1.82) is 0 Å². The molecule has 1 nitrogen and oxygen atoms in total. The van der Waals surface area contributed by atoms with Crippen LogP contribution >= 0.6 is 35.0 Å². The summed E-state index contributed by atoms with van der Waals surface area (Å²) in [6.45, 7) is 0. The van der Waals surface area contributed by atoms with Gasteiger partial charge in [0.1, 0.15) is 0 Å². The summed E-state index contributed by atoms with van der Waals surface area (Å²) in [5, 5.41) is 1.44. The van der Waals surface area contributed by atoms with Gasteiger partial charge in [-0.25, -0.2) is 0 Å². The number of anilines is 1. The molecule has 0 radical (unpaired) electrons. The van der Waals surface area contributed by atoms with Crippen LogP contribution in [0.4, 0.5) is 5.69 Å². The van der Waals surface area contributed by atoms with Crippen molar-refractivity contribution in [3.8, 4) is 0 Å². The lowest BCUT2D eigenvalue weighted by atomic mass is 10.2. The van der Waals surface area contributed by atoms with Gasteiger partial charge in [-0.1, -0.05) is 41.4 Å². The van der Waals surface area contributed by atoms with E-state index in [1.807, 2.05) is 42.5 Å². The van der Waals surface area contributed by atoms with Gasteiger partial charge in [-0.2, -0.15) is 0 Å². The second-order valence-electron chi connectivity index (χ2n) is 3.58. The molecule has 0 saturated carbocycles. The Morgan fingerprint density at radius 3 is 2.53 bits per heavy atom. The fourth-order valence-electron chi connectivity index (χ4n) is 1.46. The standard InChI is InChI=1S/C13H11Cl2NS/c14-10-4-1-3-9(7-10)8-17-13-11(15)5-2-6-12(13)16/h1-7H,8,16H2. The number of nitrogens with two attached hydrogens (primary N) is 1. The highest BCUT2D eigenvalue weighted by atomic mass is 35.5. The predicted octanol–water partition coefficient (Wildman–Crippen LogP) is 4.87. The molecule has 0 bridgehead atoms. The molecule has 0 saturated heterocycles. The van der Waals surface area contributed by atoms with Crippen LogP contribution in [0.3, 0.4) is 0 Å². The highest BCUT2D eigenvalue weighted by molar-refractivity contribution is 7.98. The van der Waals surface area contributed by atoms with Gasteiger partial charge in [-0.05, 0) is 29.8 Å². The van der Waals surface area contributed by atoms with Crippen molar-refractivity contribution in [3.05, 3.63) is 58.1 Å². The third-order valence-electron chi connectivity index (χ3n) is 2.27. The van der Waals surface area contributed by atoms with Crippen molar-refractivity contribution in [1.82, 2.24) is 0 Å². The number of thioether (sulfide) groups is 1. The van der Waals surface area contributed by atoms with Crippen molar-refractivity contribution in [3.63, 3.8) is 0 Å². The molecule has 2 N–H and O–H groups in total. The largest absolute Gasteiger partial charge is 0.398 e. The van der Waals surface area contributed by atoms with Crippen molar-refractivity contribution in [2.75, 3.05) is 5.73 Å². The molecule has 17 heavy (non-hydrogen) atoms. The van der Waals surface area contributed by atoms with Crippen LogP contribution in [0.5, 0.6) is 0 Å². The third kappa shape index (κ3) is 3.32. The summed E-state index contributed by atoms with van der Waals surface area (Å²) in [6.07, 6.45) is 0. The minimum absolute atomic E-state index is 0.692. The Labute approximate surface area is 115 Å². The Balaban J connectivity index is 2.13. The monoisotopic (exact) mass is 283 g/mol. The van der Waals surface area contributed by atoms with E-state index >= 15 is 0 Å². The highest BCUT2D eigenvalue weighted by Crippen LogP contribution is 2.34. The van der Waals surface area contributed by atoms with Crippen LogP contribution in [-0.2, 0) is 5.75 Å². The summed E-state index contributed by atoms with van der Waals surface area (Å²) in [7, 11) is 0. The van der Waals surface area contributed by atoms with E-state index in [0.717, 1.165) is 21.2 Å². The first-order valence-electron chi connectivity index (χ1n) is 5.08. The summed E-state index contributed by atoms with van der Waals surface area (Å²) in [5.41, 5.74) is 7.75. The second kappa shape index (κ2) is 5.67. The van der Waals surface area contributed by atoms with Crippen LogP contribution in [0, 0.1) is 0 Å². The van der Waals surface area contributed by atoms with E-state index in [0.29, 0.717) is 10.7 Å². The smallest absolute Gasteiger partial charge is 0.0562 e. The Kier molecular flexibility index (Phi) is 4.21. The lowest BCUT2D eigenvalue weighted by Gasteiger charge is -2.07. The maximum atomic E-state index is 6.10. The minimum atomic E-state index is 0.692. The van der Waals surface area contributed by atoms with Gasteiger partial charge in [0.05, 0.1) is 5.02 Å². The number of hydrogen-bond donors (Lipinski definition) is 1. The molecule has 0 fully saturated rings. The zero-order chi connectivity index (χ0) is 12.3. The number of hydrogen-bond acceptors (Lipinski definition) is 2. The lowest BCUT2D eigenvalue weighted by molar-refractivity contribution is 1.38. The Morgan fingerprint density at radius 1 is 1.06 bits per heavy atom. The summed E-state index contributed by atoms with van der Waals surface area (Å²) < 4.78 is 0. The Hall–Kier alpha value is -0.830. The van der Waals surface area contributed by atoms with Gasteiger partial charge in [-0.15, -0.1) is 11.8 Å². The SMILES string of the molecule is Nc1cccc(Cl)c1SCc1cccc(Cl)c1. The molecule has 0 unspecified atom stereocenters. The third-order valence-corrected chi connectivity index (χ3v) is 4.15. The van der Waals surface area contributed by atoms with Crippen molar-refractivity contribution in [2.24, 2.45) is 0 Å². The predicted molar refractivity (Wildman–Crippen MR) is 76.9 cm³/mol. The van der Waals surface area contributed by atoms with Crippen molar-refractivity contribution < 1.29 is 0 Å². The summed E-state index contributed by atoms with van der Waals surface area (Å²) >= 11 is 13.6. The van der Waals surface area contributed by atoms with Gasteiger partial charge in [0.15, 0.2) is 0 Å². The van der Waals surface area contributed by atoms with Gasteiger partial charge in [0.2, 0.25) is 0 Å². The van der Waals surface area contributed by atoms with E-state index in [-0.39, 0.29) is 0 Å². The quantitative estimate of drug-likeness (QED) is 0.643. The van der Waals surface area contributed by atoms with E-state index in [9.17, 15) is 0 Å². The average Bonchev–Trinajstić information content (AvgIpc) is 2.28. The van der Waals surface area contributed by atoms with E-state index in [2.05, 4.69) is 0 Å². The topological polar surface area (TPSA) is 26.0 Å². The molecule has 2 aromatic rings. The molecule has 4 heteroatoms. The van der Waals surface area contributed by atoms with E-state index in [4.69, 9.17) is 28.9 Å². The van der Waals surface area contributed by atoms with E-state index in [1.54, 1.807) is 11.8 Å². The number of benzene rings is 2. The summed E-state index contributed by atoms with van der Waals surface area (Å²) in [4.78, 5) is 0.925. The number of nitrogen functional groups attached to an aromatic ring is 1. The first-order chi connectivity index (χ1) is 8.16. The summed E-state index contributed by atoms with van der Waals surface area (Å²) in [5.74, 6) is 0.800. The molecule has 0 aliphatic rings. The molecule has 0 aliphatic heterocycles. The molecule has 0 amide bonds. The van der Waals surface area contributed by atoms with Gasteiger partial charge in [0, 0.05) is 21.4 Å². The summed E-state index contributed by atoms with van der Waals surface area (Å²) in [6, 6.07) is 13.3. The molecule has 0 aromatic heterocycles. The maximum absolute atomic E-state index is 6.10. The van der Waals surface area contributed by atoms with Crippen LogP contribution < -0.4 is 5.73 Å². The van der Waals surface area contributed by atoms with Crippen molar-refractivity contribution >= 4 is 40.7 Å². The fraction of sp³-hybridized carbons (Fsp3) is 0.0769. The zero-order valence-corrected chi connectivity index (χ0v) is 11.3. The zero-order valence-electron chi connectivity index (χ0n) is 8.99. The van der Waals surface area contributed by atoms with E-state index in [1.165, 1.54) is 0 Å². The fourth-order valence-corrected chi connectivity index (χ4v) is 2.95. The van der Waals surface area contributed by atoms with Gasteiger partial charge < -0.3 is 5.73 Å². The van der Waals surface area contributed by atoms with Crippen LogP contribution in [0.25, 0.3) is 0 Å². The molecular formula is C13H11Cl2NS. The van der Waals surface area contributed by atoms with E-state index < -0.39 is 0 Å². The van der Waals surface area contributed by atoms with Crippen molar-refractivity contribution in [2.45, 2.75) is 10.6 Å². The van der Waals surface area contributed by atoms with Gasteiger partial charge in [0.25, 0.3) is 0 Å². The van der Waals surface area contributed by atoms with Crippen LogP contribution in [-0.4, -0.2) is 0 Å². The van der Waals surface area contributed by atoms with Crippen LogP contribution in [0.2, 0.25) is 10.0 Å². The van der Waals surface area contributed by atoms with Crippen LogP contribution in [0.1, 0.15) is 5.56 Å². The molecular weight excluding hydrogens is 273 g/mol. The normalized spacial score (nSPS) is 10.5. The molecule has 0 aliphatic carbocycles. The number of halogens is 2. The molecule has 2 rings (SSSR count). The Bertz CT molecular complexity index is 508. The maximum Gasteiger partial charge on any atom is 0.0562 e. The molecule has 2 aromatic carbocycles. The first kappa shape index (κ1) is 12.6. The van der Waals surface area contributed by atoms with Crippen LogP contribution in [0.15, 0.2) is 47.4 Å². The average molecular weight is 284 g/mol. The molecule has 88 valence electrons. The second-order valence-corrected chi connectivity index (χ2v) is 5.41. The minimum Gasteiger partial charge on any atom is -0.398 e. The lowest BCUT2D eigenvalue weighted by Crippen LogP contribution is -1.89. The molecule has 0 atom stereocenters. The number of rotatable bonds is 3. The first-order valence-corrected chi connectivity index (χ1v) is 6.82. The Morgan fingerprint density at radius 2 is 1.82 bits per heavy atom. The van der Waals surface area contributed by atoms with Gasteiger partial charge >= 0.3 is 0 Å². The highest BCUT2D eigenvalue weighted by Gasteiger charge is 2.05. The van der Waals surface area contributed by atoms with Gasteiger partial charge in [-0.3, -0.25) is 0 Å².